The van der Waals surface area contributed by atoms with Gasteiger partial charge in [0.05, 0.1) is 30.9 Å². The average molecular weight is 362 g/mol. The highest BCUT2D eigenvalue weighted by atomic mass is 16.2. The Hall–Kier alpha value is -2.96. The number of carbonyl (C=O) groups excluding carboxylic acids is 1. The first-order valence-electron chi connectivity index (χ1n) is 9.48. The number of nitrogens with zero attached hydrogens (tertiary/aromatic N) is 6. The van der Waals surface area contributed by atoms with Gasteiger partial charge in [-0.25, -0.2) is 0 Å². The van der Waals surface area contributed by atoms with Crippen LogP contribution in [0, 0.1) is 0 Å². The van der Waals surface area contributed by atoms with E-state index in [0.29, 0.717) is 31.1 Å². The maximum Gasteiger partial charge on any atom is 0.257 e. The molecule has 0 spiro atoms. The lowest BCUT2D eigenvalue weighted by Crippen LogP contribution is -2.40. The molecule has 1 fully saturated rings. The predicted molar refractivity (Wildman–Crippen MR) is 99.2 cm³/mol. The van der Waals surface area contributed by atoms with Gasteiger partial charge in [0.25, 0.3) is 5.91 Å². The fourth-order valence-corrected chi connectivity index (χ4v) is 3.85. The Kier molecular flexibility index (Phi) is 3.81. The summed E-state index contributed by atoms with van der Waals surface area (Å²) in [5.74, 6) is 2.55. The molecule has 3 heterocycles. The largest absolute Gasteiger partial charge is 0.329 e. The summed E-state index contributed by atoms with van der Waals surface area (Å²) >= 11 is 0. The van der Waals surface area contributed by atoms with Crippen molar-refractivity contribution in [1.82, 2.24) is 29.4 Å². The first-order chi connectivity index (χ1) is 13.2. The highest BCUT2D eigenvalue weighted by molar-refractivity contribution is 5.93. The van der Waals surface area contributed by atoms with Gasteiger partial charge in [0.15, 0.2) is 5.82 Å². The second kappa shape index (κ2) is 6.33. The summed E-state index contributed by atoms with van der Waals surface area (Å²) in [6.45, 7) is 3.97. The van der Waals surface area contributed by atoms with Crippen molar-refractivity contribution in [1.29, 1.82) is 0 Å². The average Bonchev–Trinajstić information content (AvgIpc) is 3.26. The minimum Gasteiger partial charge on any atom is -0.329 e. The molecule has 5 rings (SSSR count). The molecule has 1 aromatic carbocycles. The number of aromatic nitrogens is 5. The fourth-order valence-electron chi connectivity index (χ4n) is 3.85. The summed E-state index contributed by atoms with van der Waals surface area (Å²) in [5.41, 5.74) is 1.78. The van der Waals surface area contributed by atoms with Crippen molar-refractivity contribution >= 4 is 5.91 Å². The Labute approximate surface area is 157 Å². The molecule has 1 aliphatic heterocycles. The molecule has 2 aromatic heterocycles. The minimum absolute atomic E-state index is 0.00313. The topological polar surface area (TPSA) is 68.8 Å². The van der Waals surface area contributed by atoms with Gasteiger partial charge in [0, 0.05) is 18.7 Å². The van der Waals surface area contributed by atoms with Crippen LogP contribution >= 0.6 is 0 Å². The molecular weight excluding hydrogens is 340 g/mol. The van der Waals surface area contributed by atoms with Crippen LogP contribution in [-0.2, 0) is 13.1 Å². The maximum atomic E-state index is 13.0. The molecule has 0 N–H and O–H groups in total. The standard InChI is InChI=1S/C20H22N6O/c1-14-10-24(13-18-22-23-19(26(14)18)16-7-8-16)20(27)17-9-21-25(12-17)11-15-5-3-2-4-6-15/h2-6,9,12,14,16H,7-8,10-11,13H2,1H3/t14-/m0/s1. The molecule has 7 nitrogen and oxygen atoms in total. The van der Waals surface area contributed by atoms with Crippen molar-refractivity contribution < 1.29 is 4.79 Å². The predicted octanol–water partition coefficient (Wildman–Crippen LogP) is 2.62. The summed E-state index contributed by atoms with van der Waals surface area (Å²) in [7, 11) is 0. The number of rotatable bonds is 4. The molecule has 0 saturated heterocycles. The first-order valence-corrected chi connectivity index (χ1v) is 9.48. The van der Waals surface area contributed by atoms with Gasteiger partial charge in [-0.2, -0.15) is 5.10 Å². The van der Waals surface area contributed by atoms with E-state index in [1.807, 2.05) is 34.0 Å². The second-order valence-corrected chi connectivity index (χ2v) is 7.57. The van der Waals surface area contributed by atoms with Crippen molar-refractivity contribution in [3.05, 3.63) is 65.5 Å². The van der Waals surface area contributed by atoms with Crippen LogP contribution in [0.4, 0.5) is 0 Å². The zero-order valence-electron chi connectivity index (χ0n) is 15.3. The van der Waals surface area contributed by atoms with E-state index >= 15 is 0 Å². The lowest BCUT2D eigenvalue weighted by molar-refractivity contribution is 0.0679. The number of hydrogen-bond donors (Lipinski definition) is 0. The fraction of sp³-hybridized carbons (Fsp3) is 0.400. The molecule has 138 valence electrons. The van der Waals surface area contributed by atoms with Gasteiger partial charge in [0.1, 0.15) is 5.82 Å². The molecule has 7 heteroatoms. The van der Waals surface area contributed by atoms with Crippen molar-refractivity contribution in [3.8, 4) is 0 Å². The van der Waals surface area contributed by atoms with Crippen LogP contribution in [-0.4, -0.2) is 41.9 Å². The number of fused-ring (bicyclic) bond motifs is 1. The molecule has 0 radical (unpaired) electrons. The van der Waals surface area contributed by atoms with Crippen LogP contribution in [0.5, 0.6) is 0 Å². The Bertz CT molecular complexity index is 972. The monoisotopic (exact) mass is 362 g/mol. The lowest BCUT2D eigenvalue weighted by Gasteiger charge is -2.32. The van der Waals surface area contributed by atoms with Crippen LogP contribution in [0.2, 0.25) is 0 Å². The lowest BCUT2D eigenvalue weighted by atomic mass is 10.2. The van der Waals surface area contributed by atoms with Crippen LogP contribution in [0.25, 0.3) is 0 Å². The highest BCUT2D eigenvalue weighted by Gasteiger charge is 2.35. The van der Waals surface area contributed by atoms with E-state index < -0.39 is 0 Å². The summed E-state index contributed by atoms with van der Waals surface area (Å²) in [6.07, 6.45) is 5.89. The van der Waals surface area contributed by atoms with E-state index in [9.17, 15) is 4.79 Å². The molecule has 3 aromatic rings. The van der Waals surface area contributed by atoms with Crippen molar-refractivity contribution in [2.45, 2.75) is 44.8 Å². The van der Waals surface area contributed by atoms with Gasteiger partial charge in [-0.3, -0.25) is 9.48 Å². The molecular formula is C20H22N6O. The highest BCUT2D eigenvalue weighted by Crippen LogP contribution is 2.41. The van der Waals surface area contributed by atoms with Crippen LogP contribution < -0.4 is 0 Å². The third-order valence-electron chi connectivity index (χ3n) is 5.35. The van der Waals surface area contributed by atoms with Gasteiger partial charge in [-0.1, -0.05) is 30.3 Å². The zero-order chi connectivity index (χ0) is 18.4. The smallest absolute Gasteiger partial charge is 0.257 e. The SMILES string of the molecule is C[C@H]1CN(C(=O)c2cnn(Cc3ccccc3)c2)Cc2nnc(C3CC3)n21. The summed E-state index contributed by atoms with van der Waals surface area (Å²) < 4.78 is 4.05. The number of hydrogen-bond acceptors (Lipinski definition) is 4. The molecule has 2 aliphatic rings. The van der Waals surface area contributed by atoms with Crippen LogP contribution in [0.15, 0.2) is 42.7 Å². The number of benzene rings is 1. The Morgan fingerprint density at radius 2 is 2.00 bits per heavy atom. The molecule has 1 amide bonds. The minimum atomic E-state index is 0.00313. The number of carbonyl (C=O) groups is 1. The van der Waals surface area contributed by atoms with E-state index in [1.165, 1.54) is 12.8 Å². The van der Waals surface area contributed by atoms with Crippen LogP contribution in [0.1, 0.15) is 59.3 Å². The summed E-state index contributed by atoms with van der Waals surface area (Å²) in [4.78, 5) is 14.8. The molecule has 1 atom stereocenters. The van der Waals surface area contributed by atoms with E-state index in [0.717, 1.165) is 17.2 Å². The van der Waals surface area contributed by atoms with Gasteiger partial charge in [0.2, 0.25) is 0 Å². The summed E-state index contributed by atoms with van der Waals surface area (Å²) in [6, 6.07) is 10.3. The van der Waals surface area contributed by atoms with Gasteiger partial charge in [-0.05, 0) is 25.3 Å². The van der Waals surface area contributed by atoms with E-state index in [-0.39, 0.29) is 11.9 Å². The summed E-state index contributed by atoms with van der Waals surface area (Å²) in [5, 5.41) is 13.1. The third-order valence-corrected chi connectivity index (χ3v) is 5.35. The van der Waals surface area contributed by atoms with Crippen molar-refractivity contribution in [2.75, 3.05) is 6.54 Å². The zero-order valence-corrected chi connectivity index (χ0v) is 15.3. The second-order valence-electron chi connectivity index (χ2n) is 7.57. The van der Waals surface area contributed by atoms with Gasteiger partial charge >= 0.3 is 0 Å². The van der Waals surface area contributed by atoms with Crippen molar-refractivity contribution in [3.63, 3.8) is 0 Å². The molecule has 1 saturated carbocycles. The first kappa shape index (κ1) is 16.2. The normalized spacial score (nSPS) is 19.1. The van der Waals surface area contributed by atoms with E-state index in [1.54, 1.807) is 6.20 Å². The van der Waals surface area contributed by atoms with Crippen LogP contribution in [0.3, 0.4) is 0 Å². The quantitative estimate of drug-likeness (QED) is 0.715. The molecule has 27 heavy (non-hydrogen) atoms. The van der Waals surface area contributed by atoms with Gasteiger partial charge < -0.3 is 9.47 Å². The molecule has 1 aliphatic carbocycles. The Morgan fingerprint density at radius 1 is 1.19 bits per heavy atom. The Morgan fingerprint density at radius 3 is 2.78 bits per heavy atom. The third kappa shape index (κ3) is 3.03. The van der Waals surface area contributed by atoms with E-state index in [2.05, 4.69) is 38.9 Å². The van der Waals surface area contributed by atoms with Crippen molar-refractivity contribution in [2.24, 2.45) is 0 Å². The van der Waals surface area contributed by atoms with Gasteiger partial charge in [-0.15, -0.1) is 10.2 Å². The maximum absolute atomic E-state index is 13.0. The number of amides is 1. The molecule has 0 unspecified atom stereocenters. The molecule has 0 bridgehead atoms. The Balaban J connectivity index is 1.32. The van der Waals surface area contributed by atoms with E-state index in [4.69, 9.17) is 0 Å².